The van der Waals surface area contributed by atoms with Gasteiger partial charge in [-0.3, -0.25) is 0 Å². The first-order valence-electron chi connectivity index (χ1n) is 20.1. The molecule has 63 heavy (non-hydrogen) atoms. The molecule has 15 heteroatoms. The van der Waals surface area contributed by atoms with E-state index in [0.29, 0.717) is 34.7 Å². The molecule has 0 atom stereocenters. The fraction of sp³-hybridized carbons (Fsp3) is 0.312. The Morgan fingerprint density at radius 2 is 1.08 bits per heavy atom. The van der Waals surface area contributed by atoms with Gasteiger partial charge in [-0.2, -0.15) is 26.3 Å². The molecule has 0 aliphatic heterocycles. The van der Waals surface area contributed by atoms with E-state index < -0.39 is 59.9 Å². The Balaban J connectivity index is 1.16. The average Bonchev–Trinajstić information content (AvgIpc) is 3.26. The number of fused-ring (bicyclic) bond motifs is 2. The summed E-state index contributed by atoms with van der Waals surface area (Å²) in [6.07, 6.45) is -0.381. The average molecular weight is 879 g/mol. The number of carbonyl (C=O) groups is 1. The van der Waals surface area contributed by atoms with Crippen molar-refractivity contribution in [2.24, 2.45) is 0 Å². The number of benzene rings is 4. The number of rotatable bonds is 20. The smallest absolute Gasteiger partial charge is 0.377 e. The minimum Gasteiger partial charge on any atom is -0.493 e. The highest BCUT2D eigenvalue weighted by Gasteiger charge is 2.72. The first-order valence-corrected chi connectivity index (χ1v) is 20.1. The summed E-state index contributed by atoms with van der Waals surface area (Å²) in [7, 11) is 0. The fourth-order valence-electron chi connectivity index (χ4n) is 6.80. The van der Waals surface area contributed by atoms with Crippen LogP contribution in [0, 0.1) is 0 Å². The summed E-state index contributed by atoms with van der Waals surface area (Å²) in [5.74, 6) is -18.0. The van der Waals surface area contributed by atoms with E-state index in [0.717, 1.165) is 29.2 Å². The van der Waals surface area contributed by atoms with Crippen molar-refractivity contribution in [3.05, 3.63) is 141 Å². The number of hydrogen-bond donors (Lipinski definition) is 0. The molecule has 0 saturated heterocycles. The normalized spacial score (nSPS) is 12.2. The third-order valence-corrected chi connectivity index (χ3v) is 10.4. The highest BCUT2D eigenvalue weighted by atomic mass is 19.3. The van der Waals surface area contributed by atoms with Crippen LogP contribution in [0.4, 0.5) is 26.3 Å². The van der Waals surface area contributed by atoms with Crippen molar-refractivity contribution < 1.29 is 58.9 Å². The van der Waals surface area contributed by atoms with Gasteiger partial charge in [0.2, 0.25) is 0 Å². The molecule has 0 aliphatic carbocycles. The molecular weight excluding hydrogens is 835 g/mol. The Bertz CT molecular complexity index is 2570. The van der Waals surface area contributed by atoms with Gasteiger partial charge in [-0.15, -0.1) is 0 Å². The van der Waals surface area contributed by atoms with Crippen LogP contribution >= 0.6 is 0 Å². The van der Waals surface area contributed by atoms with Gasteiger partial charge in [0.25, 0.3) is 0 Å². The van der Waals surface area contributed by atoms with Gasteiger partial charge in [0.15, 0.2) is 6.61 Å². The maximum Gasteiger partial charge on any atom is 0.377 e. The van der Waals surface area contributed by atoms with E-state index >= 15 is 0 Å². The quantitative estimate of drug-likeness (QED) is 0.0320. The lowest BCUT2D eigenvalue weighted by Crippen LogP contribution is -2.58. The summed E-state index contributed by atoms with van der Waals surface area (Å²) in [6, 6.07) is 27.6. The number of alkyl halides is 6. The lowest BCUT2D eigenvalue weighted by molar-refractivity contribution is -0.328. The Morgan fingerprint density at radius 1 is 0.635 bits per heavy atom. The Morgan fingerprint density at radius 3 is 1.52 bits per heavy atom. The summed E-state index contributed by atoms with van der Waals surface area (Å²) in [5, 5.41) is 1.18. The molecule has 0 N–H and O–H groups in total. The standard InChI is InChI=1S/C48H44F6O9/c1-5-30-11-7-9-13-37(30)39-23-32-15-17-35(25-41(32)62-44(39)56)58-21-19-34(60-27-46(49,50)48(53,54)47(51,52)28-61-43(55)29(3)4)20-22-59-36-18-16-33-24-40(45(57)63-42(33)26-36)38-14-10-8-12-31(38)6-2/h7-18,23-26,34H,3,5-6,19-22,27-28H2,1-2,4H3. The van der Waals surface area contributed by atoms with Gasteiger partial charge in [0.05, 0.1) is 30.4 Å². The maximum absolute atomic E-state index is 15.0. The molecule has 2 heterocycles. The van der Waals surface area contributed by atoms with Crippen LogP contribution in [-0.2, 0) is 27.1 Å². The molecule has 6 aromatic rings. The molecule has 0 fully saturated rings. The van der Waals surface area contributed by atoms with Crippen LogP contribution in [0.5, 0.6) is 11.5 Å². The van der Waals surface area contributed by atoms with Crippen LogP contribution < -0.4 is 20.7 Å². The van der Waals surface area contributed by atoms with Crippen molar-refractivity contribution in [2.75, 3.05) is 26.4 Å². The van der Waals surface area contributed by atoms with Crippen molar-refractivity contribution in [2.45, 2.75) is 70.3 Å². The third kappa shape index (κ3) is 10.5. The molecule has 0 aliphatic rings. The second kappa shape index (κ2) is 19.4. The minimum absolute atomic E-state index is 0.196. The predicted molar refractivity (Wildman–Crippen MR) is 225 cm³/mol. The fourth-order valence-corrected chi connectivity index (χ4v) is 6.80. The second-order valence-corrected chi connectivity index (χ2v) is 14.9. The van der Waals surface area contributed by atoms with Gasteiger partial charge in [-0.05, 0) is 78.4 Å². The Labute approximate surface area is 357 Å². The maximum atomic E-state index is 15.0. The molecule has 2 aromatic heterocycles. The number of hydrogen-bond acceptors (Lipinski definition) is 9. The zero-order valence-corrected chi connectivity index (χ0v) is 34.6. The Hall–Kier alpha value is -6.35. The van der Waals surface area contributed by atoms with Crippen molar-refractivity contribution in [1.29, 1.82) is 0 Å². The molecular formula is C48H44F6O9. The molecule has 0 unspecified atom stereocenters. The first-order chi connectivity index (χ1) is 29.9. The van der Waals surface area contributed by atoms with Gasteiger partial charge in [-0.25, -0.2) is 14.4 Å². The molecule has 0 saturated carbocycles. The third-order valence-electron chi connectivity index (χ3n) is 10.4. The van der Waals surface area contributed by atoms with Gasteiger partial charge in [0, 0.05) is 41.3 Å². The van der Waals surface area contributed by atoms with E-state index in [1.54, 1.807) is 36.4 Å². The lowest BCUT2D eigenvalue weighted by atomic mass is 9.98. The lowest BCUT2D eigenvalue weighted by Gasteiger charge is -2.33. The number of aryl methyl sites for hydroxylation is 2. The Kier molecular flexibility index (Phi) is 14.2. The van der Waals surface area contributed by atoms with Crippen LogP contribution in [0.3, 0.4) is 0 Å². The first kappa shape index (κ1) is 46.2. The molecule has 332 valence electrons. The van der Waals surface area contributed by atoms with Crippen LogP contribution in [0.25, 0.3) is 44.2 Å². The summed E-state index contributed by atoms with van der Waals surface area (Å²) < 4.78 is 121. The van der Waals surface area contributed by atoms with E-state index in [1.807, 2.05) is 62.4 Å². The van der Waals surface area contributed by atoms with E-state index in [2.05, 4.69) is 11.3 Å². The van der Waals surface area contributed by atoms with E-state index in [1.165, 1.54) is 12.1 Å². The zero-order chi connectivity index (χ0) is 45.5. The minimum atomic E-state index is -6.01. The van der Waals surface area contributed by atoms with Gasteiger partial charge >= 0.3 is 35.0 Å². The van der Waals surface area contributed by atoms with Gasteiger partial charge < -0.3 is 27.8 Å². The number of esters is 1. The van der Waals surface area contributed by atoms with Crippen LogP contribution in [-0.4, -0.2) is 56.3 Å². The monoisotopic (exact) mass is 878 g/mol. The highest BCUT2D eigenvalue weighted by molar-refractivity contribution is 5.87. The van der Waals surface area contributed by atoms with Crippen molar-refractivity contribution >= 4 is 27.9 Å². The second-order valence-electron chi connectivity index (χ2n) is 14.9. The van der Waals surface area contributed by atoms with E-state index in [4.69, 9.17) is 23.0 Å². The number of ether oxygens (including phenoxy) is 4. The van der Waals surface area contributed by atoms with E-state index in [9.17, 15) is 40.7 Å². The highest BCUT2D eigenvalue weighted by Crippen LogP contribution is 2.46. The van der Waals surface area contributed by atoms with Crippen LogP contribution in [0.15, 0.2) is 128 Å². The van der Waals surface area contributed by atoms with Crippen molar-refractivity contribution in [1.82, 2.24) is 0 Å². The number of carbonyl (C=O) groups excluding carboxylic acids is 1. The van der Waals surface area contributed by atoms with Crippen LogP contribution in [0.2, 0.25) is 0 Å². The van der Waals surface area contributed by atoms with Crippen molar-refractivity contribution in [3.8, 4) is 33.8 Å². The van der Waals surface area contributed by atoms with E-state index in [-0.39, 0.29) is 48.7 Å². The molecule has 0 amide bonds. The summed E-state index contributed by atoms with van der Waals surface area (Å²) in [5.41, 5.74) is 2.97. The predicted octanol–water partition coefficient (Wildman–Crippen LogP) is 11.0. The molecule has 0 bridgehead atoms. The molecule has 0 spiro atoms. The molecule has 6 rings (SSSR count). The SMILES string of the molecule is C=C(C)C(=O)OCC(F)(F)C(F)(F)C(F)(F)COC(CCOc1ccc2cc(-c3ccccc3CC)c(=O)oc2c1)CCOc1ccc2cc(-c3ccccc3CC)c(=O)oc2c1. The topological polar surface area (TPSA) is 114 Å². The number of halogens is 6. The summed E-state index contributed by atoms with van der Waals surface area (Å²) in [6.45, 7) is 3.17. The zero-order valence-electron chi connectivity index (χ0n) is 34.6. The van der Waals surface area contributed by atoms with Gasteiger partial charge in [0.1, 0.15) is 29.3 Å². The molecule has 4 aromatic carbocycles. The van der Waals surface area contributed by atoms with Gasteiger partial charge in [-0.1, -0.05) is 69.0 Å². The summed E-state index contributed by atoms with van der Waals surface area (Å²) in [4.78, 5) is 37.6. The molecule has 0 radical (unpaired) electrons. The largest absolute Gasteiger partial charge is 0.493 e. The van der Waals surface area contributed by atoms with Crippen molar-refractivity contribution in [3.63, 3.8) is 0 Å². The summed E-state index contributed by atoms with van der Waals surface area (Å²) >= 11 is 0. The van der Waals surface area contributed by atoms with Crippen LogP contribution in [0.1, 0.15) is 44.7 Å². The molecule has 9 nitrogen and oxygen atoms in total.